The number of hydrogen-bond acceptors (Lipinski definition) is 5. The average Bonchev–Trinajstić information content (AvgIpc) is 2.61. The lowest BCUT2D eigenvalue weighted by Crippen LogP contribution is -2.20. The lowest BCUT2D eigenvalue weighted by Gasteiger charge is -2.07. The highest BCUT2D eigenvalue weighted by Gasteiger charge is 2.19. The van der Waals surface area contributed by atoms with Gasteiger partial charge in [-0.05, 0) is 12.0 Å². The Balaban J connectivity index is 0.000000262. The molecule has 5 heteroatoms. The maximum Gasteiger partial charge on any atom is 0.314 e. The predicted molar refractivity (Wildman–Crippen MR) is 54.8 cm³/mol. The van der Waals surface area contributed by atoms with Gasteiger partial charge in [0.2, 0.25) is 0 Å². The van der Waals surface area contributed by atoms with Crippen LogP contribution < -0.4 is 5.73 Å². The number of carbonyl (C=O) groups is 2. The van der Waals surface area contributed by atoms with Crippen LogP contribution >= 0.6 is 0 Å². The van der Waals surface area contributed by atoms with Crippen molar-refractivity contribution in [1.82, 2.24) is 0 Å². The Labute approximate surface area is 88.9 Å². The zero-order chi connectivity index (χ0) is 11.8. The molecule has 1 saturated heterocycles. The van der Waals surface area contributed by atoms with Gasteiger partial charge in [0.1, 0.15) is 0 Å². The van der Waals surface area contributed by atoms with Crippen LogP contribution in [0.1, 0.15) is 26.2 Å². The van der Waals surface area contributed by atoms with Crippen LogP contribution in [0.25, 0.3) is 0 Å². The Morgan fingerprint density at radius 2 is 2.00 bits per heavy atom. The molecule has 1 atom stereocenters. The molecule has 3 N–H and O–H groups in total. The summed E-state index contributed by atoms with van der Waals surface area (Å²) in [6.07, 6.45) is 0.829. The molecule has 0 radical (unpaired) electrons. The summed E-state index contributed by atoms with van der Waals surface area (Å²) in [5.74, 6) is -0.796. The summed E-state index contributed by atoms with van der Waals surface area (Å²) in [5.41, 5.74) is 5.95. The van der Waals surface area contributed by atoms with E-state index in [0.717, 1.165) is 12.0 Å². The molecule has 0 aromatic rings. The van der Waals surface area contributed by atoms with Gasteiger partial charge in [-0.1, -0.05) is 13.5 Å². The molecule has 1 fully saturated rings. The third-order valence-corrected chi connectivity index (χ3v) is 1.91. The second kappa shape index (κ2) is 7.14. The van der Waals surface area contributed by atoms with Crippen molar-refractivity contribution in [2.24, 2.45) is 5.73 Å². The lowest BCUT2D eigenvalue weighted by molar-refractivity contribution is -0.151. The number of cyclic esters (lactones) is 2. The van der Waals surface area contributed by atoms with Gasteiger partial charge in [-0.25, -0.2) is 0 Å². The number of hydrogen-bond donors (Lipinski definition) is 2. The van der Waals surface area contributed by atoms with E-state index in [0.29, 0.717) is 0 Å². The van der Waals surface area contributed by atoms with E-state index in [-0.39, 0.29) is 19.4 Å². The Morgan fingerprint density at radius 1 is 1.53 bits per heavy atom. The second-order valence-corrected chi connectivity index (χ2v) is 3.11. The first-order valence-corrected chi connectivity index (χ1v) is 4.80. The first kappa shape index (κ1) is 13.8. The summed E-state index contributed by atoms with van der Waals surface area (Å²) < 4.78 is 4.08. The number of nitrogens with two attached hydrogens (primary N) is 1. The van der Waals surface area contributed by atoms with E-state index in [2.05, 4.69) is 11.3 Å². The van der Waals surface area contributed by atoms with Crippen molar-refractivity contribution in [2.75, 3.05) is 6.54 Å². The van der Waals surface area contributed by atoms with Crippen molar-refractivity contribution in [1.29, 1.82) is 0 Å². The largest absolute Gasteiger partial charge is 0.393 e. The third kappa shape index (κ3) is 5.98. The Hall–Kier alpha value is -1.20. The zero-order valence-electron chi connectivity index (χ0n) is 8.86. The quantitative estimate of drug-likeness (QED) is 0.396. The molecule has 86 valence electrons. The average molecular weight is 215 g/mol. The number of rotatable bonds is 3. The van der Waals surface area contributed by atoms with E-state index < -0.39 is 18.0 Å². The smallest absolute Gasteiger partial charge is 0.314 e. The van der Waals surface area contributed by atoms with Crippen LogP contribution in [-0.4, -0.2) is 29.7 Å². The summed E-state index contributed by atoms with van der Waals surface area (Å²) in [6, 6.07) is 0. The second-order valence-electron chi connectivity index (χ2n) is 3.11. The fraction of sp³-hybridized carbons (Fsp3) is 0.600. The van der Waals surface area contributed by atoms with E-state index in [1.54, 1.807) is 0 Å². The highest BCUT2D eigenvalue weighted by Crippen LogP contribution is 2.04. The monoisotopic (exact) mass is 215 g/mol. The van der Waals surface area contributed by atoms with Gasteiger partial charge in [-0.2, -0.15) is 0 Å². The van der Waals surface area contributed by atoms with Gasteiger partial charge < -0.3 is 15.6 Å². The van der Waals surface area contributed by atoms with Crippen LogP contribution in [0, 0.1) is 0 Å². The zero-order valence-corrected chi connectivity index (χ0v) is 8.86. The lowest BCUT2D eigenvalue weighted by atomic mass is 10.1. The van der Waals surface area contributed by atoms with Crippen molar-refractivity contribution in [3.05, 3.63) is 12.2 Å². The molecule has 0 spiro atoms. The molecule has 0 bridgehead atoms. The van der Waals surface area contributed by atoms with Crippen LogP contribution in [0.15, 0.2) is 12.2 Å². The summed E-state index contributed by atoms with van der Waals surface area (Å²) in [5, 5.41) is 8.90. The van der Waals surface area contributed by atoms with E-state index >= 15 is 0 Å². The van der Waals surface area contributed by atoms with E-state index in [9.17, 15) is 9.59 Å². The molecule has 5 nitrogen and oxygen atoms in total. The maximum atomic E-state index is 10.0. The number of carbonyl (C=O) groups excluding carboxylic acids is 2. The standard InChI is InChI=1S/C6H13NO.C4H4O3/c1-3-5(2)6(8)4-7;5-3-1-2-4(6)7-3/h6,8H,2-4,7H2,1H3;1-2H2. The van der Waals surface area contributed by atoms with Crippen LogP contribution in [0.5, 0.6) is 0 Å². The predicted octanol–water partition coefficient (Wildman–Crippen LogP) is 0.122. The molecule has 1 aliphatic heterocycles. The van der Waals surface area contributed by atoms with Crippen LogP contribution in [0.2, 0.25) is 0 Å². The molecular formula is C10H17NO4. The molecule has 1 rings (SSSR count). The molecule has 0 saturated carbocycles. The van der Waals surface area contributed by atoms with Gasteiger partial charge in [0.25, 0.3) is 0 Å². The molecule has 1 aliphatic rings. The molecule has 1 unspecified atom stereocenters. The molecule has 15 heavy (non-hydrogen) atoms. The summed E-state index contributed by atoms with van der Waals surface area (Å²) in [7, 11) is 0. The number of esters is 2. The van der Waals surface area contributed by atoms with E-state index in [4.69, 9.17) is 10.8 Å². The molecule has 0 aromatic heterocycles. The first-order valence-electron chi connectivity index (χ1n) is 4.80. The number of aliphatic hydroxyl groups is 1. The number of ether oxygens (including phenoxy) is 1. The Bertz CT molecular complexity index is 236. The number of aliphatic hydroxyl groups excluding tert-OH is 1. The van der Waals surface area contributed by atoms with Crippen molar-refractivity contribution in [3.63, 3.8) is 0 Å². The van der Waals surface area contributed by atoms with Crippen LogP contribution in [0.4, 0.5) is 0 Å². The maximum absolute atomic E-state index is 10.0. The summed E-state index contributed by atoms with van der Waals surface area (Å²) >= 11 is 0. The molecule has 0 aliphatic carbocycles. The fourth-order valence-electron chi connectivity index (χ4n) is 0.835. The SMILES string of the molecule is C=C(CC)C(O)CN.O=C1CCC(=O)O1. The van der Waals surface area contributed by atoms with Gasteiger partial charge >= 0.3 is 11.9 Å². The van der Waals surface area contributed by atoms with Gasteiger partial charge in [-0.3, -0.25) is 9.59 Å². The molecule has 0 amide bonds. The van der Waals surface area contributed by atoms with Gasteiger partial charge in [0.05, 0.1) is 18.9 Å². The fourth-order valence-corrected chi connectivity index (χ4v) is 0.835. The van der Waals surface area contributed by atoms with Gasteiger partial charge in [0, 0.05) is 6.54 Å². The van der Waals surface area contributed by atoms with Crippen LogP contribution in [-0.2, 0) is 14.3 Å². The van der Waals surface area contributed by atoms with Crippen molar-refractivity contribution < 1.29 is 19.4 Å². The molecule has 0 aromatic carbocycles. The van der Waals surface area contributed by atoms with Gasteiger partial charge in [-0.15, -0.1) is 0 Å². The highest BCUT2D eigenvalue weighted by atomic mass is 16.6. The van der Waals surface area contributed by atoms with E-state index in [1.807, 2.05) is 6.92 Å². The minimum Gasteiger partial charge on any atom is -0.393 e. The van der Waals surface area contributed by atoms with E-state index in [1.165, 1.54) is 0 Å². The normalized spacial score (nSPS) is 16.5. The summed E-state index contributed by atoms with van der Waals surface area (Å²) in [6.45, 7) is 5.84. The van der Waals surface area contributed by atoms with Gasteiger partial charge in [0.15, 0.2) is 0 Å². The first-order chi connectivity index (χ1) is 7.01. The minimum absolute atomic E-state index is 0.263. The summed E-state index contributed by atoms with van der Waals surface area (Å²) in [4.78, 5) is 20.0. The van der Waals surface area contributed by atoms with Crippen molar-refractivity contribution >= 4 is 11.9 Å². The third-order valence-electron chi connectivity index (χ3n) is 1.91. The topological polar surface area (TPSA) is 89.6 Å². The van der Waals surface area contributed by atoms with Crippen molar-refractivity contribution in [2.45, 2.75) is 32.3 Å². The Kier molecular flexibility index (Phi) is 6.57. The minimum atomic E-state index is -0.500. The molecular weight excluding hydrogens is 198 g/mol. The molecule has 1 heterocycles. The highest BCUT2D eigenvalue weighted by molar-refractivity contribution is 5.92. The Morgan fingerprint density at radius 3 is 2.13 bits per heavy atom. The van der Waals surface area contributed by atoms with Crippen LogP contribution in [0.3, 0.4) is 0 Å². The van der Waals surface area contributed by atoms with Crippen molar-refractivity contribution in [3.8, 4) is 0 Å².